The second-order valence-electron chi connectivity index (χ2n) is 2.35. The maximum atomic E-state index is 11.6. The zero-order chi connectivity index (χ0) is 9.61. The molecule has 0 saturated heterocycles. The monoisotopic (exact) mass is 219 g/mol. The summed E-state index contributed by atoms with van der Waals surface area (Å²) < 4.78 is 34.7. The zero-order valence-electron chi connectivity index (χ0n) is 6.73. The quantitative estimate of drug-likeness (QED) is 0.719. The van der Waals surface area contributed by atoms with E-state index >= 15 is 0 Å². The van der Waals surface area contributed by atoms with Crippen LogP contribution in [0.25, 0.3) is 0 Å². The lowest BCUT2D eigenvalue weighted by Gasteiger charge is -2.06. The Labute approximate surface area is 78.6 Å². The average Bonchev–Trinajstić information content (AvgIpc) is 1.83. The van der Waals surface area contributed by atoms with Crippen LogP contribution < -0.4 is 5.73 Å². The second-order valence-corrected chi connectivity index (χ2v) is 4.66. The first-order valence-corrected chi connectivity index (χ1v) is 5.60. The maximum Gasteiger partial charge on any atom is 0.441 e. The molecule has 0 aliphatic heterocycles. The molecule has 0 amide bonds. The fraction of sp³-hybridized carbons (Fsp3) is 1.00. The summed E-state index contributed by atoms with van der Waals surface area (Å²) in [6.45, 7) is 1.84. The molecule has 0 saturated carbocycles. The fourth-order valence-electron chi connectivity index (χ4n) is 0.486. The van der Waals surface area contributed by atoms with Gasteiger partial charge >= 0.3 is 5.51 Å². The van der Waals surface area contributed by atoms with E-state index in [4.69, 9.17) is 5.73 Å². The molecule has 0 aromatic carbocycles. The van der Waals surface area contributed by atoms with Crippen LogP contribution in [0.15, 0.2) is 0 Å². The van der Waals surface area contributed by atoms with Crippen molar-refractivity contribution in [2.45, 2.75) is 18.5 Å². The Balaban J connectivity index is 3.12. The molecular formula is C6H12F3NS2. The normalized spacial score (nSPS) is 14.8. The molecule has 1 unspecified atom stereocenters. The molecule has 0 aliphatic carbocycles. The Bertz CT molecular complexity index is 116. The van der Waals surface area contributed by atoms with Gasteiger partial charge in [-0.15, -0.1) is 0 Å². The number of nitrogens with two attached hydrogens (primary N) is 1. The summed E-state index contributed by atoms with van der Waals surface area (Å²) >= 11 is 1.48. The van der Waals surface area contributed by atoms with Gasteiger partial charge in [-0.2, -0.15) is 24.9 Å². The Morgan fingerprint density at radius 2 is 1.92 bits per heavy atom. The highest BCUT2D eigenvalue weighted by Gasteiger charge is 2.27. The summed E-state index contributed by atoms with van der Waals surface area (Å²) in [5, 5.41) is 0. The highest BCUT2D eigenvalue weighted by molar-refractivity contribution is 8.03. The van der Waals surface area contributed by atoms with Crippen molar-refractivity contribution < 1.29 is 13.2 Å². The summed E-state index contributed by atoms with van der Waals surface area (Å²) in [4.78, 5) is 0. The van der Waals surface area contributed by atoms with E-state index in [9.17, 15) is 13.2 Å². The third kappa shape index (κ3) is 10.4. The smallest absolute Gasteiger partial charge is 0.327 e. The Hall–Kier alpha value is 0.450. The predicted molar refractivity (Wildman–Crippen MR) is 49.5 cm³/mol. The molecule has 0 aliphatic rings. The number of hydrogen-bond acceptors (Lipinski definition) is 3. The van der Waals surface area contributed by atoms with Crippen molar-refractivity contribution in [1.82, 2.24) is 0 Å². The van der Waals surface area contributed by atoms with Crippen LogP contribution in [0.4, 0.5) is 13.2 Å². The summed E-state index contributed by atoms with van der Waals surface area (Å²) in [6.07, 6.45) is 0. The summed E-state index contributed by atoms with van der Waals surface area (Å²) in [7, 11) is 0. The minimum absolute atomic E-state index is 0.0236. The van der Waals surface area contributed by atoms with Gasteiger partial charge < -0.3 is 5.73 Å². The SMILES string of the molecule is CC(N)CSCCSC(F)(F)F. The molecule has 0 aromatic heterocycles. The van der Waals surface area contributed by atoms with Crippen molar-refractivity contribution in [3.63, 3.8) is 0 Å². The lowest BCUT2D eigenvalue weighted by molar-refractivity contribution is -0.0326. The minimum Gasteiger partial charge on any atom is -0.327 e. The van der Waals surface area contributed by atoms with Gasteiger partial charge in [0.15, 0.2) is 0 Å². The van der Waals surface area contributed by atoms with Crippen LogP contribution in [0.5, 0.6) is 0 Å². The topological polar surface area (TPSA) is 26.0 Å². The standard InChI is InChI=1S/C6H12F3NS2/c1-5(10)4-11-2-3-12-6(7,8)9/h5H,2-4,10H2,1H3. The third-order valence-corrected chi connectivity index (χ3v) is 3.12. The molecule has 0 spiro atoms. The first kappa shape index (κ1) is 12.4. The van der Waals surface area contributed by atoms with Crippen LogP contribution in [0.1, 0.15) is 6.92 Å². The van der Waals surface area contributed by atoms with E-state index in [1.807, 2.05) is 6.92 Å². The molecular weight excluding hydrogens is 207 g/mol. The van der Waals surface area contributed by atoms with Crippen LogP contribution in [0.2, 0.25) is 0 Å². The fourth-order valence-corrected chi connectivity index (χ4v) is 2.06. The van der Waals surface area contributed by atoms with Crippen molar-refractivity contribution >= 4 is 23.5 Å². The number of rotatable bonds is 5. The summed E-state index contributed by atoms with van der Waals surface area (Å²) in [5.74, 6) is 1.34. The van der Waals surface area contributed by atoms with Crippen molar-refractivity contribution in [2.75, 3.05) is 17.3 Å². The van der Waals surface area contributed by atoms with Crippen molar-refractivity contribution in [3.05, 3.63) is 0 Å². The van der Waals surface area contributed by atoms with Gasteiger partial charge in [0.2, 0.25) is 0 Å². The van der Waals surface area contributed by atoms with Gasteiger partial charge in [-0.25, -0.2) is 0 Å². The van der Waals surface area contributed by atoms with Gasteiger partial charge in [-0.3, -0.25) is 0 Å². The van der Waals surface area contributed by atoms with Crippen LogP contribution in [0, 0.1) is 0 Å². The van der Waals surface area contributed by atoms with E-state index in [-0.39, 0.29) is 23.6 Å². The van der Waals surface area contributed by atoms with Gasteiger partial charge in [0, 0.05) is 23.3 Å². The lowest BCUT2D eigenvalue weighted by Crippen LogP contribution is -2.18. The average molecular weight is 219 g/mol. The zero-order valence-corrected chi connectivity index (χ0v) is 8.36. The van der Waals surface area contributed by atoms with E-state index in [2.05, 4.69) is 0 Å². The van der Waals surface area contributed by atoms with Crippen LogP contribution in [0.3, 0.4) is 0 Å². The molecule has 74 valence electrons. The molecule has 0 heterocycles. The summed E-state index contributed by atoms with van der Waals surface area (Å²) in [6, 6.07) is 0.0610. The maximum absolute atomic E-state index is 11.6. The molecule has 2 N–H and O–H groups in total. The van der Waals surface area contributed by atoms with Gasteiger partial charge in [-0.1, -0.05) is 11.8 Å². The van der Waals surface area contributed by atoms with Gasteiger partial charge in [0.05, 0.1) is 0 Å². The molecule has 0 radical (unpaired) electrons. The van der Waals surface area contributed by atoms with Crippen LogP contribution >= 0.6 is 23.5 Å². The molecule has 0 aromatic rings. The highest BCUT2D eigenvalue weighted by Crippen LogP contribution is 2.30. The van der Waals surface area contributed by atoms with E-state index in [1.54, 1.807) is 0 Å². The summed E-state index contributed by atoms with van der Waals surface area (Å²) in [5.41, 5.74) is 1.32. The van der Waals surface area contributed by atoms with E-state index in [1.165, 1.54) is 11.8 Å². The van der Waals surface area contributed by atoms with E-state index in [0.29, 0.717) is 5.75 Å². The van der Waals surface area contributed by atoms with E-state index in [0.717, 1.165) is 5.75 Å². The van der Waals surface area contributed by atoms with Crippen molar-refractivity contribution in [2.24, 2.45) is 5.73 Å². The third-order valence-electron chi connectivity index (χ3n) is 0.874. The highest BCUT2D eigenvalue weighted by atomic mass is 32.2. The Kier molecular flexibility index (Phi) is 6.21. The van der Waals surface area contributed by atoms with E-state index < -0.39 is 5.51 Å². The lowest BCUT2D eigenvalue weighted by atomic mass is 10.4. The Morgan fingerprint density at radius 3 is 2.33 bits per heavy atom. The van der Waals surface area contributed by atoms with Gasteiger partial charge in [0.25, 0.3) is 0 Å². The molecule has 1 atom stereocenters. The first-order chi connectivity index (χ1) is 5.42. The molecule has 6 heteroatoms. The number of halogens is 3. The van der Waals surface area contributed by atoms with Crippen molar-refractivity contribution in [1.29, 1.82) is 0 Å². The number of hydrogen-bond donors (Lipinski definition) is 1. The van der Waals surface area contributed by atoms with Crippen LogP contribution in [-0.4, -0.2) is 28.8 Å². The molecule has 1 nitrogen and oxygen atoms in total. The number of thioether (sulfide) groups is 2. The largest absolute Gasteiger partial charge is 0.441 e. The van der Waals surface area contributed by atoms with Gasteiger partial charge in [0.1, 0.15) is 0 Å². The second kappa shape index (κ2) is 5.99. The van der Waals surface area contributed by atoms with Gasteiger partial charge in [-0.05, 0) is 6.92 Å². The molecule has 0 fully saturated rings. The Morgan fingerprint density at radius 1 is 1.33 bits per heavy atom. The first-order valence-electron chi connectivity index (χ1n) is 3.46. The molecule has 12 heavy (non-hydrogen) atoms. The van der Waals surface area contributed by atoms with Crippen LogP contribution in [-0.2, 0) is 0 Å². The van der Waals surface area contributed by atoms with Crippen molar-refractivity contribution in [3.8, 4) is 0 Å². The predicted octanol–water partition coefficient (Wildman–Crippen LogP) is 2.32. The molecule has 0 rings (SSSR count). The number of alkyl halides is 3. The minimum atomic E-state index is -4.09. The molecule has 0 bridgehead atoms.